The third kappa shape index (κ3) is 5.15. The molecule has 0 spiro atoms. The quantitative estimate of drug-likeness (QED) is 0.681. The predicted molar refractivity (Wildman–Crippen MR) is 80.5 cm³/mol. The highest BCUT2D eigenvalue weighted by Crippen LogP contribution is 2.15. The van der Waals surface area contributed by atoms with Crippen LogP contribution < -0.4 is 5.32 Å². The lowest BCUT2D eigenvalue weighted by molar-refractivity contribution is -0.118. The van der Waals surface area contributed by atoms with Crippen LogP contribution in [-0.4, -0.2) is 21.6 Å². The summed E-state index contributed by atoms with van der Waals surface area (Å²) in [6.45, 7) is 4.11. The van der Waals surface area contributed by atoms with Crippen LogP contribution in [0.25, 0.3) is 0 Å². The van der Waals surface area contributed by atoms with Crippen molar-refractivity contribution in [3.63, 3.8) is 0 Å². The van der Waals surface area contributed by atoms with E-state index >= 15 is 0 Å². The molecule has 0 bridgehead atoms. The Kier molecular flexibility index (Phi) is 5.27. The van der Waals surface area contributed by atoms with Gasteiger partial charge in [0.15, 0.2) is 0 Å². The third-order valence-electron chi connectivity index (χ3n) is 2.70. The summed E-state index contributed by atoms with van der Waals surface area (Å²) in [7, 11) is 0. The average Bonchev–Trinajstić information content (AvgIpc) is 2.43. The normalized spacial score (nSPS) is 10.4. The van der Waals surface area contributed by atoms with Gasteiger partial charge in [-0.25, -0.2) is 14.4 Å². The summed E-state index contributed by atoms with van der Waals surface area (Å²) in [5.41, 5.74) is 1.75. The number of aromatic nitrogens is 2. The van der Waals surface area contributed by atoms with Crippen LogP contribution in [0.3, 0.4) is 0 Å². The number of carbonyl (C=O) groups is 1. The maximum atomic E-state index is 12.8. The van der Waals surface area contributed by atoms with Crippen LogP contribution in [0.2, 0.25) is 0 Å². The highest BCUT2D eigenvalue weighted by atomic mass is 32.2. The zero-order valence-corrected chi connectivity index (χ0v) is 12.7. The van der Waals surface area contributed by atoms with Gasteiger partial charge in [0.2, 0.25) is 5.91 Å². The van der Waals surface area contributed by atoms with Gasteiger partial charge in [-0.3, -0.25) is 4.79 Å². The molecule has 2 rings (SSSR count). The lowest BCUT2D eigenvalue weighted by atomic mass is 10.2. The summed E-state index contributed by atoms with van der Waals surface area (Å²) in [5.74, 6) is 0.620. The van der Waals surface area contributed by atoms with Gasteiger partial charge in [-0.2, -0.15) is 0 Å². The van der Waals surface area contributed by atoms with Crippen LogP contribution in [-0.2, 0) is 11.3 Å². The molecule has 1 aromatic heterocycles. The molecule has 0 fully saturated rings. The van der Waals surface area contributed by atoms with Crippen molar-refractivity contribution in [3.05, 3.63) is 53.2 Å². The Morgan fingerprint density at radius 3 is 2.62 bits per heavy atom. The van der Waals surface area contributed by atoms with E-state index < -0.39 is 0 Å². The van der Waals surface area contributed by atoms with Gasteiger partial charge >= 0.3 is 0 Å². The topological polar surface area (TPSA) is 54.9 Å². The van der Waals surface area contributed by atoms with E-state index in [0.29, 0.717) is 12.4 Å². The summed E-state index contributed by atoms with van der Waals surface area (Å²) < 4.78 is 12.8. The number of halogens is 1. The smallest absolute Gasteiger partial charge is 0.230 e. The van der Waals surface area contributed by atoms with E-state index in [2.05, 4.69) is 15.3 Å². The van der Waals surface area contributed by atoms with E-state index in [1.165, 1.54) is 23.9 Å². The van der Waals surface area contributed by atoms with Gasteiger partial charge in [-0.1, -0.05) is 23.9 Å². The summed E-state index contributed by atoms with van der Waals surface area (Å²) in [6, 6.07) is 7.91. The molecule has 4 nitrogen and oxygen atoms in total. The van der Waals surface area contributed by atoms with E-state index in [1.807, 2.05) is 19.9 Å². The number of hydrogen-bond donors (Lipinski definition) is 1. The lowest BCUT2D eigenvalue weighted by Crippen LogP contribution is -2.24. The first-order valence-electron chi connectivity index (χ1n) is 6.49. The fourth-order valence-corrected chi connectivity index (χ4v) is 2.58. The van der Waals surface area contributed by atoms with Crippen LogP contribution in [0.15, 0.2) is 35.4 Å². The van der Waals surface area contributed by atoms with Crippen molar-refractivity contribution in [2.75, 3.05) is 5.75 Å². The molecule has 1 amide bonds. The van der Waals surface area contributed by atoms with Gasteiger partial charge < -0.3 is 5.32 Å². The summed E-state index contributed by atoms with van der Waals surface area (Å²) in [6.07, 6.45) is 0. The minimum absolute atomic E-state index is 0.0850. The van der Waals surface area contributed by atoms with Crippen LogP contribution in [0, 0.1) is 19.7 Å². The van der Waals surface area contributed by atoms with Crippen molar-refractivity contribution in [1.82, 2.24) is 15.3 Å². The van der Waals surface area contributed by atoms with Crippen molar-refractivity contribution < 1.29 is 9.18 Å². The standard InChI is InChI=1S/C15H16FN3OS/c1-10-7-15(19-11(2)18-10)21-9-14(20)17-8-12-3-5-13(16)6-4-12/h3-7H,8-9H2,1-2H3,(H,17,20). The SMILES string of the molecule is Cc1cc(SCC(=O)NCc2ccc(F)cc2)nc(C)n1. The molecule has 0 aliphatic rings. The van der Waals surface area contributed by atoms with Crippen molar-refractivity contribution in [2.45, 2.75) is 25.4 Å². The van der Waals surface area contributed by atoms with Crippen molar-refractivity contribution in [3.8, 4) is 0 Å². The Hall–Kier alpha value is -1.95. The van der Waals surface area contributed by atoms with Crippen molar-refractivity contribution in [2.24, 2.45) is 0 Å². The second-order valence-electron chi connectivity index (χ2n) is 4.59. The monoisotopic (exact) mass is 305 g/mol. The highest BCUT2D eigenvalue weighted by molar-refractivity contribution is 7.99. The van der Waals surface area contributed by atoms with Crippen LogP contribution in [0.4, 0.5) is 4.39 Å². The Labute approximate surface area is 127 Å². The molecule has 0 unspecified atom stereocenters. The van der Waals surface area contributed by atoms with Crippen LogP contribution in [0.1, 0.15) is 17.1 Å². The first kappa shape index (κ1) is 15.4. The fraction of sp³-hybridized carbons (Fsp3) is 0.267. The molecule has 2 aromatic rings. The molecule has 1 aromatic carbocycles. The molecule has 0 aliphatic carbocycles. The molecule has 0 atom stereocenters. The van der Waals surface area contributed by atoms with E-state index in [4.69, 9.17) is 0 Å². The van der Waals surface area contributed by atoms with Gasteiger partial charge in [0.25, 0.3) is 0 Å². The second kappa shape index (κ2) is 7.17. The van der Waals surface area contributed by atoms with Crippen molar-refractivity contribution >= 4 is 17.7 Å². The number of hydrogen-bond acceptors (Lipinski definition) is 4. The Bertz CT molecular complexity index is 611. The van der Waals surface area contributed by atoms with Gasteiger partial charge in [0.1, 0.15) is 16.7 Å². The highest BCUT2D eigenvalue weighted by Gasteiger charge is 2.05. The largest absolute Gasteiger partial charge is 0.351 e. The zero-order chi connectivity index (χ0) is 15.2. The summed E-state index contributed by atoms with van der Waals surface area (Å²) >= 11 is 1.37. The second-order valence-corrected chi connectivity index (χ2v) is 5.58. The first-order chi connectivity index (χ1) is 10.0. The molecular weight excluding hydrogens is 289 g/mol. The Morgan fingerprint density at radius 2 is 1.95 bits per heavy atom. The van der Waals surface area contributed by atoms with Gasteiger partial charge in [-0.05, 0) is 37.6 Å². The van der Waals surface area contributed by atoms with E-state index in [1.54, 1.807) is 12.1 Å². The Balaban J connectivity index is 1.80. The number of thioether (sulfide) groups is 1. The van der Waals surface area contributed by atoms with E-state index in [9.17, 15) is 9.18 Å². The molecule has 0 saturated carbocycles. The van der Waals surface area contributed by atoms with Gasteiger partial charge in [-0.15, -0.1) is 0 Å². The first-order valence-corrected chi connectivity index (χ1v) is 7.48. The number of nitrogens with zero attached hydrogens (tertiary/aromatic N) is 2. The number of nitrogens with one attached hydrogen (secondary N) is 1. The molecule has 110 valence electrons. The lowest BCUT2D eigenvalue weighted by Gasteiger charge is -2.06. The zero-order valence-electron chi connectivity index (χ0n) is 11.9. The number of rotatable bonds is 5. The minimum Gasteiger partial charge on any atom is -0.351 e. The number of carbonyl (C=O) groups excluding carboxylic acids is 1. The number of benzene rings is 1. The van der Waals surface area contributed by atoms with Crippen molar-refractivity contribution in [1.29, 1.82) is 0 Å². The molecule has 6 heteroatoms. The molecule has 0 saturated heterocycles. The molecule has 0 aliphatic heterocycles. The third-order valence-corrected chi connectivity index (χ3v) is 3.61. The van der Waals surface area contributed by atoms with E-state index in [-0.39, 0.29) is 17.5 Å². The number of amides is 1. The average molecular weight is 305 g/mol. The van der Waals surface area contributed by atoms with Crippen LogP contribution >= 0.6 is 11.8 Å². The summed E-state index contributed by atoms with van der Waals surface area (Å²) in [4.78, 5) is 20.2. The number of aryl methyl sites for hydroxylation is 2. The molecular formula is C15H16FN3OS. The minimum atomic E-state index is -0.282. The molecule has 1 N–H and O–H groups in total. The molecule has 1 heterocycles. The van der Waals surface area contributed by atoms with Crippen LogP contribution in [0.5, 0.6) is 0 Å². The maximum absolute atomic E-state index is 12.8. The predicted octanol–water partition coefficient (Wildman–Crippen LogP) is 2.64. The molecule has 21 heavy (non-hydrogen) atoms. The Morgan fingerprint density at radius 1 is 1.24 bits per heavy atom. The fourth-order valence-electron chi connectivity index (χ4n) is 1.75. The van der Waals surface area contributed by atoms with Gasteiger partial charge in [0, 0.05) is 12.2 Å². The summed E-state index contributed by atoms with van der Waals surface area (Å²) in [5, 5.41) is 3.58. The van der Waals surface area contributed by atoms with Gasteiger partial charge in [0.05, 0.1) is 5.75 Å². The van der Waals surface area contributed by atoms with E-state index in [0.717, 1.165) is 16.3 Å². The molecule has 0 radical (unpaired) electrons. The maximum Gasteiger partial charge on any atom is 0.230 e.